The van der Waals surface area contributed by atoms with Crippen molar-refractivity contribution in [1.82, 2.24) is 10.2 Å². The van der Waals surface area contributed by atoms with E-state index >= 15 is 0 Å². The first-order valence-corrected chi connectivity index (χ1v) is 7.95. The normalized spacial score (nSPS) is 24.6. The molecule has 3 unspecified atom stereocenters. The number of amides is 2. The highest BCUT2D eigenvalue weighted by molar-refractivity contribution is 5.82. The van der Waals surface area contributed by atoms with E-state index in [1.54, 1.807) is 4.90 Å². The lowest BCUT2D eigenvalue weighted by molar-refractivity contribution is -0.137. The molecule has 1 rings (SSSR count). The van der Waals surface area contributed by atoms with Gasteiger partial charge in [0.05, 0.1) is 6.10 Å². The molecule has 0 saturated carbocycles. The summed E-state index contributed by atoms with van der Waals surface area (Å²) in [7, 11) is 0. The predicted octanol–water partition coefficient (Wildman–Crippen LogP) is 1.55. The lowest BCUT2D eigenvalue weighted by atomic mass is 9.87. The standard InChI is InChI=1S/C16H30N2O3/c1-6-13(19)11-8-12(17-15(21)16(3,4)5)10-18(9-11)14(20)7-2/h11-13,19H,6-10H2,1-5H3,(H,17,21). The minimum Gasteiger partial charge on any atom is -0.393 e. The van der Waals surface area contributed by atoms with Gasteiger partial charge in [-0.05, 0) is 12.8 Å². The number of rotatable bonds is 4. The maximum absolute atomic E-state index is 12.1. The molecule has 21 heavy (non-hydrogen) atoms. The van der Waals surface area contributed by atoms with Crippen LogP contribution in [0, 0.1) is 11.3 Å². The molecule has 5 heteroatoms. The van der Waals surface area contributed by atoms with Crippen LogP contribution in [0.25, 0.3) is 0 Å². The Morgan fingerprint density at radius 1 is 1.29 bits per heavy atom. The molecular formula is C16H30N2O3. The van der Waals surface area contributed by atoms with Crippen LogP contribution in [0.1, 0.15) is 53.9 Å². The number of carbonyl (C=O) groups is 2. The van der Waals surface area contributed by atoms with E-state index < -0.39 is 11.5 Å². The van der Waals surface area contributed by atoms with E-state index in [1.807, 2.05) is 34.6 Å². The number of carbonyl (C=O) groups excluding carboxylic acids is 2. The first-order valence-electron chi connectivity index (χ1n) is 7.95. The fourth-order valence-corrected chi connectivity index (χ4v) is 2.68. The summed E-state index contributed by atoms with van der Waals surface area (Å²) in [6.45, 7) is 10.5. The van der Waals surface area contributed by atoms with Crippen molar-refractivity contribution in [2.45, 2.75) is 66.0 Å². The molecule has 0 bridgehead atoms. The summed E-state index contributed by atoms with van der Waals surface area (Å²) in [5.41, 5.74) is -0.449. The van der Waals surface area contributed by atoms with E-state index in [0.29, 0.717) is 25.9 Å². The Morgan fingerprint density at radius 3 is 2.38 bits per heavy atom. The van der Waals surface area contributed by atoms with Crippen LogP contribution in [0.15, 0.2) is 0 Å². The predicted molar refractivity (Wildman–Crippen MR) is 82.7 cm³/mol. The van der Waals surface area contributed by atoms with Gasteiger partial charge in [0.1, 0.15) is 0 Å². The summed E-state index contributed by atoms with van der Waals surface area (Å²) < 4.78 is 0. The molecule has 5 nitrogen and oxygen atoms in total. The first kappa shape index (κ1) is 18.0. The zero-order chi connectivity index (χ0) is 16.2. The fourth-order valence-electron chi connectivity index (χ4n) is 2.68. The Labute approximate surface area is 128 Å². The Morgan fingerprint density at radius 2 is 1.90 bits per heavy atom. The van der Waals surface area contributed by atoms with Crippen molar-refractivity contribution in [2.24, 2.45) is 11.3 Å². The SMILES string of the molecule is CCC(=O)N1CC(NC(=O)C(C)(C)C)CC(C(O)CC)C1. The molecule has 1 saturated heterocycles. The lowest BCUT2D eigenvalue weighted by Gasteiger charge is -2.40. The summed E-state index contributed by atoms with van der Waals surface area (Å²) in [6.07, 6.45) is 1.42. The molecule has 1 aliphatic heterocycles. The highest BCUT2D eigenvalue weighted by Gasteiger charge is 2.34. The van der Waals surface area contributed by atoms with E-state index in [4.69, 9.17) is 0 Å². The largest absolute Gasteiger partial charge is 0.393 e. The third-order valence-electron chi connectivity index (χ3n) is 4.12. The van der Waals surface area contributed by atoms with Crippen molar-refractivity contribution in [2.75, 3.05) is 13.1 Å². The molecule has 3 atom stereocenters. The Hall–Kier alpha value is -1.10. The van der Waals surface area contributed by atoms with Crippen molar-refractivity contribution in [3.05, 3.63) is 0 Å². The van der Waals surface area contributed by atoms with Crippen LogP contribution in [0.5, 0.6) is 0 Å². The van der Waals surface area contributed by atoms with Gasteiger partial charge in [-0.1, -0.05) is 34.6 Å². The first-order chi connectivity index (χ1) is 9.68. The molecule has 0 aromatic carbocycles. The molecule has 2 N–H and O–H groups in total. The molecule has 1 aliphatic rings. The molecule has 1 heterocycles. The van der Waals surface area contributed by atoms with Crippen LogP contribution in [0.3, 0.4) is 0 Å². The number of hydrogen-bond donors (Lipinski definition) is 2. The second-order valence-corrected chi connectivity index (χ2v) is 7.04. The van der Waals surface area contributed by atoms with Gasteiger partial charge < -0.3 is 15.3 Å². The number of likely N-dealkylation sites (tertiary alicyclic amines) is 1. The van der Waals surface area contributed by atoms with Gasteiger partial charge in [-0.2, -0.15) is 0 Å². The summed E-state index contributed by atoms with van der Waals surface area (Å²) in [5, 5.41) is 13.1. The van der Waals surface area contributed by atoms with Gasteiger partial charge in [0.2, 0.25) is 11.8 Å². The second kappa shape index (κ2) is 7.25. The molecule has 0 radical (unpaired) electrons. The van der Waals surface area contributed by atoms with Crippen LogP contribution in [-0.2, 0) is 9.59 Å². The quantitative estimate of drug-likeness (QED) is 0.827. The van der Waals surface area contributed by atoms with Crippen molar-refractivity contribution in [3.8, 4) is 0 Å². The summed E-state index contributed by atoms with van der Waals surface area (Å²) in [4.78, 5) is 25.9. The van der Waals surface area contributed by atoms with Crippen LogP contribution >= 0.6 is 0 Å². The van der Waals surface area contributed by atoms with Gasteiger partial charge in [-0.25, -0.2) is 0 Å². The average Bonchev–Trinajstić information content (AvgIpc) is 2.44. The zero-order valence-electron chi connectivity index (χ0n) is 14.0. The Balaban J connectivity index is 2.78. The molecule has 0 aromatic heterocycles. The average molecular weight is 298 g/mol. The van der Waals surface area contributed by atoms with Gasteiger partial charge in [-0.3, -0.25) is 9.59 Å². The molecule has 0 aliphatic carbocycles. The second-order valence-electron chi connectivity index (χ2n) is 7.04. The Bertz CT molecular complexity index is 376. The molecule has 0 aromatic rings. The van der Waals surface area contributed by atoms with Gasteiger partial charge in [0.25, 0.3) is 0 Å². The topological polar surface area (TPSA) is 69.6 Å². The zero-order valence-corrected chi connectivity index (χ0v) is 14.0. The highest BCUT2D eigenvalue weighted by Crippen LogP contribution is 2.23. The summed E-state index contributed by atoms with van der Waals surface area (Å²) in [5.74, 6) is 0.102. The Kier molecular flexibility index (Phi) is 6.20. The van der Waals surface area contributed by atoms with Crippen molar-refractivity contribution in [1.29, 1.82) is 0 Å². The highest BCUT2D eigenvalue weighted by atomic mass is 16.3. The monoisotopic (exact) mass is 298 g/mol. The third kappa shape index (κ3) is 4.99. The van der Waals surface area contributed by atoms with Crippen molar-refractivity contribution in [3.63, 3.8) is 0 Å². The van der Waals surface area contributed by atoms with Gasteiger partial charge in [-0.15, -0.1) is 0 Å². The van der Waals surface area contributed by atoms with Crippen LogP contribution < -0.4 is 5.32 Å². The van der Waals surface area contributed by atoms with E-state index in [0.717, 1.165) is 6.42 Å². The maximum Gasteiger partial charge on any atom is 0.225 e. The minimum absolute atomic E-state index is 0.0111. The number of hydrogen-bond acceptors (Lipinski definition) is 3. The van der Waals surface area contributed by atoms with Gasteiger partial charge >= 0.3 is 0 Å². The van der Waals surface area contributed by atoms with Crippen LogP contribution in [0.2, 0.25) is 0 Å². The molecule has 122 valence electrons. The number of aliphatic hydroxyl groups is 1. The fraction of sp³-hybridized carbons (Fsp3) is 0.875. The minimum atomic E-state index is -0.449. The third-order valence-corrected chi connectivity index (χ3v) is 4.12. The van der Waals surface area contributed by atoms with E-state index in [9.17, 15) is 14.7 Å². The maximum atomic E-state index is 12.1. The smallest absolute Gasteiger partial charge is 0.225 e. The van der Waals surface area contributed by atoms with Crippen molar-refractivity contribution < 1.29 is 14.7 Å². The van der Waals surface area contributed by atoms with Crippen LogP contribution in [-0.4, -0.2) is 47.1 Å². The molecule has 2 amide bonds. The van der Waals surface area contributed by atoms with E-state index in [-0.39, 0.29) is 23.8 Å². The molecular weight excluding hydrogens is 268 g/mol. The number of nitrogens with zero attached hydrogens (tertiary/aromatic N) is 1. The molecule has 1 fully saturated rings. The number of nitrogens with one attached hydrogen (secondary N) is 1. The van der Waals surface area contributed by atoms with Crippen LogP contribution in [0.4, 0.5) is 0 Å². The summed E-state index contributed by atoms with van der Waals surface area (Å²) in [6, 6.07) is -0.0767. The number of aliphatic hydroxyl groups excluding tert-OH is 1. The van der Waals surface area contributed by atoms with Gasteiger partial charge in [0, 0.05) is 36.9 Å². The number of piperidine rings is 1. The van der Waals surface area contributed by atoms with Gasteiger partial charge in [0.15, 0.2) is 0 Å². The molecule has 0 spiro atoms. The lowest BCUT2D eigenvalue weighted by Crippen LogP contribution is -2.55. The summed E-state index contributed by atoms with van der Waals surface area (Å²) >= 11 is 0. The van der Waals surface area contributed by atoms with Crippen molar-refractivity contribution >= 4 is 11.8 Å². The van der Waals surface area contributed by atoms with E-state index in [2.05, 4.69) is 5.32 Å². The van der Waals surface area contributed by atoms with E-state index in [1.165, 1.54) is 0 Å².